The van der Waals surface area contributed by atoms with Gasteiger partial charge in [-0.25, -0.2) is 9.59 Å². The lowest BCUT2D eigenvalue weighted by molar-refractivity contribution is -0.238. The molecule has 4 bridgehead atoms. The Bertz CT molecular complexity index is 1290. The highest BCUT2D eigenvalue weighted by atomic mass is 16.8. The summed E-state index contributed by atoms with van der Waals surface area (Å²) < 4.78 is 37.3. The number of rotatable bonds is 6. The Hall–Kier alpha value is -2.66. The van der Waals surface area contributed by atoms with Crippen molar-refractivity contribution in [1.29, 1.82) is 0 Å². The van der Waals surface area contributed by atoms with Gasteiger partial charge < -0.3 is 28.4 Å². The van der Waals surface area contributed by atoms with E-state index in [1.807, 2.05) is 13.8 Å². The Kier molecular flexibility index (Phi) is 5.99. The highest BCUT2D eigenvalue weighted by molar-refractivity contribution is 6.14. The van der Waals surface area contributed by atoms with E-state index in [1.165, 1.54) is 0 Å². The third kappa shape index (κ3) is 2.99. The van der Waals surface area contributed by atoms with Gasteiger partial charge in [-0.2, -0.15) is 0 Å². The summed E-state index contributed by atoms with van der Waals surface area (Å²) in [6, 6.07) is 6.97. The van der Waals surface area contributed by atoms with Crippen molar-refractivity contribution in [3.05, 3.63) is 35.4 Å². The molecular weight excluding hydrogens is 544 g/mol. The molecule has 10 heteroatoms. The second-order valence-electron chi connectivity index (χ2n) is 13.0. The molecule has 8 atom stereocenters. The number of carbonyl (C=O) groups is 4. The van der Waals surface area contributed by atoms with E-state index in [9.17, 15) is 19.2 Å². The molecule has 4 aliphatic heterocycles. The summed E-state index contributed by atoms with van der Waals surface area (Å²) in [7, 11) is 0. The van der Waals surface area contributed by atoms with Crippen molar-refractivity contribution >= 4 is 23.5 Å². The van der Waals surface area contributed by atoms with Crippen LogP contribution in [-0.2, 0) is 47.6 Å². The normalized spacial score (nSPS) is 45.0. The third-order valence-corrected chi connectivity index (χ3v) is 10.9. The number of carbonyl (C=O) groups excluding carboxylic acids is 4. The van der Waals surface area contributed by atoms with Crippen molar-refractivity contribution < 1.29 is 47.6 Å². The summed E-state index contributed by atoms with van der Waals surface area (Å²) >= 11 is 0. The Balaban J connectivity index is 1.39. The molecule has 2 spiro atoms. The first-order chi connectivity index (χ1) is 20.0. The van der Waals surface area contributed by atoms with E-state index in [-0.39, 0.29) is 24.8 Å². The summed E-state index contributed by atoms with van der Waals surface area (Å²) in [6.45, 7) is 7.07. The maximum absolute atomic E-state index is 14.3. The average Bonchev–Trinajstić information content (AvgIpc) is 3.63. The molecule has 10 nitrogen and oxygen atoms in total. The van der Waals surface area contributed by atoms with Gasteiger partial charge in [-0.3, -0.25) is 9.59 Å². The van der Waals surface area contributed by atoms with E-state index >= 15 is 0 Å². The number of fused-ring (bicyclic) bond motifs is 2. The lowest BCUT2D eigenvalue weighted by Crippen LogP contribution is -2.59. The molecule has 2 saturated carbocycles. The van der Waals surface area contributed by atoms with Gasteiger partial charge in [0.15, 0.2) is 23.1 Å². The van der Waals surface area contributed by atoms with E-state index in [2.05, 4.69) is 0 Å². The highest BCUT2D eigenvalue weighted by Gasteiger charge is 2.84. The minimum Gasteiger partial charge on any atom is -0.463 e. The monoisotopic (exact) mass is 582 g/mol. The van der Waals surface area contributed by atoms with Crippen LogP contribution in [0.25, 0.3) is 0 Å². The summed E-state index contributed by atoms with van der Waals surface area (Å²) in [5.74, 6) is -4.93. The van der Waals surface area contributed by atoms with Crippen LogP contribution < -0.4 is 0 Å². The molecule has 1 aromatic carbocycles. The van der Waals surface area contributed by atoms with Crippen LogP contribution in [-0.4, -0.2) is 59.5 Å². The van der Waals surface area contributed by atoms with Gasteiger partial charge in [0, 0.05) is 12.8 Å². The maximum atomic E-state index is 14.3. The molecule has 6 fully saturated rings. The number of hydrogen-bond donors (Lipinski definition) is 0. The maximum Gasteiger partial charge on any atom is 0.349 e. The van der Waals surface area contributed by atoms with E-state index in [1.54, 1.807) is 38.1 Å². The van der Waals surface area contributed by atoms with Crippen molar-refractivity contribution in [2.75, 3.05) is 13.2 Å². The van der Waals surface area contributed by atoms with E-state index in [0.717, 1.165) is 25.7 Å². The first-order valence-corrected chi connectivity index (χ1v) is 15.3. The molecule has 0 aromatic heterocycles. The zero-order valence-electron chi connectivity index (χ0n) is 24.6. The van der Waals surface area contributed by atoms with Crippen molar-refractivity contribution in [1.82, 2.24) is 0 Å². The topological polar surface area (TPSA) is 124 Å². The first-order valence-electron chi connectivity index (χ1n) is 15.3. The van der Waals surface area contributed by atoms with Crippen LogP contribution in [0.5, 0.6) is 0 Å². The molecule has 6 aliphatic rings. The summed E-state index contributed by atoms with van der Waals surface area (Å²) in [5.41, 5.74) is -5.28. The second-order valence-corrected chi connectivity index (χ2v) is 13.0. The molecule has 0 unspecified atom stereocenters. The van der Waals surface area contributed by atoms with Crippen LogP contribution in [0.15, 0.2) is 24.3 Å². The Morgan fingerprint density at radius 2 is 1.10 bits per heavy atom. The number of benzene rings is 1. The van der Waals surface area contributed by atoms with Gasteiger partial charge in [-0.1, -0.05) is 37.1 Å². The minimum absolute atomic E-state index is 0.0520. The van der Waals surface area contributed by atoms with Gasteiger partial charge in [0.2, 0.25) is 0 Å². The standard InChI is InChI=1S/C32H38O10/c1-5-37-25(35)31-21(39-29(41-31)17-11-9-15-27(29,3)23(31)33)19-13-7-8-14-20(19)22-32(26(36)38-6-2)24(34)28(4)16-10-12-18-30(28,40-22)42-32/h7-8,13-14,21-22H,5-6,9-12,15-18H2,1-4H3/t21-,22+,27+,28-,29+,30-,31-,32-/m1/s1. The van der Waals surface area contributed by atoms with Crippen LogP contribution in [0.1, 0.15) is 102 Å². The number of ketones is 2. The average molecular weight is 583 g/mol. The third-order valence-electron chi connectivity index (χ3n) is 10.9. The first kappa shape index (κ1) is 28.1. The lowest BCUT2D eigenvalue weighted by Gasteiger charge is -2.47. The van der Waals surface area contributed by atoms with Crippen LogP contribution >= 0.6 is 0 Å². The number of hydrogen-bond acceptors (Lipinski definition) is 10. The molecule has 0 amide bonds. The predicted octanol–water partition coefficient (Wildman–Crippen LogP) is 4.18. The van der Waals surface area contributed by atoms with E-state index < -0.39 is 57.8 Å². The fourth-order valence-corrected chi connectivity index (χ4v) is 8.77. The molecule has 2 aliphatic carbocycles. The fourth-order valence-electron chi connectivity index (χ4n) is 8.77. The number of Topliss-reactive ketones (excluding diaryl/α,β-unsaturated/α-hetero) is 2. The van der Waals surface area contributed by atoms with Gasteiger partial charge >= 0.3 is 11.9 Å². The second kappa shape index (κ2) is 8.94. The van der Waals surface area contributed by atoms with Crippen LogP contribution in [0.2, 0.25) is 0 Å². The van der Waals surface area contributed by atoms with Gasteiger partial charge in [0.25, 0.3) is 11.2 Å². The van der Waals surface area contributed by atoms with Gasteiger partial charge in [-0.15, -0.1) is 0 Å². The van der Waals surface area contributed by atoms with Gasteiger partial charge in [0.1, 0.15) is 12.2 Å². The van der Waals surface area contributed by atoms with Crippen molar-refractivity contribution in [3.8, 4) is 0 Å². The zero-order valence-corrected chi connectivity index (χ0v) is 24.6. The fraction of sp³-hybridized carbons (Fsp3) is 0.688. The van der Waals surface area contributed by atoms with Gasteiger partial charge in [-0.05, 0) is 64.5 Å². The molecule has 1 aromatic rings. The van der Waals surface area contributed by atoms with Crippen molar-refractivity contribution in [2.45, 2.75) is 114 Å². The number of ether oxygens (including phenoxy) is 6. The number of esters is 2. The summed E-state index contributed by atoms with van der Waals surface area (Å²) in [4.78, 5) is 56.2. The molecule has 42 heavy (non-hydrogen) atoms. The Morgan fingerprint density at radius 3 is 1.48 bits per heavy atom. The SMILES string of the molecule is CCOC(=O)[C@]12O[C@]3(CCCC[C@@]3(C)C1=O)O[C@@H]2c1ccccc1[C@@H]1O[C@@]23CCCC[C@]2(C)C(=O)[C@]1(C(=O)OCC)O3. The summed E-state index contributed by atoms with van der Waals surface area (Å²) in [5, 5.41) is 0. The molecule has 0 radical (unpaired) electrons. The zero-order chi connectivity index (χ0) is 29.8. The van der Waals surface area contributed by atoms with E-state index in [0.29, 0.717) is 36.8 Å². The van der Waals surface area contributed by atoms with Crippen molar-refractivity contribution in [2.24, 2.45) is 10.8 Å². The molecule has 4 saturated heterocycles. The molecular formula is C32H38O10. The molecule has 226 valence electrons. The molecule has 4 heterocycles. The highest BCUT2D eigenvalue weighted by Crippen LogP contribution is 2.70. The molecule has 0 N–H and O–H groups in total. The largest absolute Gasteiger partial charge is 0.463 e. The quantitative estimate of drug-likeness (QED) is 0.356. The van der Waals surface area contributed by atoms with Gasteiger partial charge in [0.05, 0.1) is 24.0 Å². The summed E-state index contributed by atoms with van der Waals surface area (Å²) in [6.07, 6.45) is 2.77. The van der Waals surface area contributed by atoms with Crippen LogP contribution in [0.4, 0.5) is 0 Å². The molecule has 7 rings (SSSR count). The minimum atomic E-state index is -2.04. The van der Waals surface area contributed by atoms with Crippen molar-refractivity contribution in [3.63, 3.8) is 0 Å². The Morgan fingerprint density at radius 1 is 0.714 bits per heavy atom. The van der Waals surface area contributed by atoms with E-state index in [4.69, 9.17) is 28.4 Å². The van der Waals surface area contributed by atoms with Crippen LogP contribution in [0, 0.1) is 10.8 Å². The van der Waals surface area contributed by atoms with Crippen LogP contribution in [0.3, 0.4) is 0 Å². The Labute approximate surface area is 244 Å². The lowest BCUT2D eigenvalue weighted by atomic mass is 9.62. The smallest absolute Gasteiger partial charge is 0.349 e. The predicted molar refractivity (Wildman–Crippen MR) is 144 cm³/mol.